The van der Waals surface area contributed by atoms with Gasteiger partial charge in [-0.1, -0.05) is 6.08 Å². The third-order valence-corrected chi connectivity index (χ3v) is 4.06. The van der Waals surface area contributed by atoms with E-state index in [1.807, 2.05) is 39.8 Å². The molecule has 1 amide bonds. The summed E-state index contributed by atoms with van der Waals surface area (Å²) in [6, 6.07) is 1.76. The molecule has 0 saturated carbocycles. The molecule has 1 unspecified atom stereocenters. The molecule has 152 valence electrons. The Morgan fingerprint density at radius 1 is 1.39 bits per heavy atom. The first-order valence-corrected chi connectivity index (χ1v) is 9.38. The van der Waals surface area contributed by atoms with E-state index in [1.54, 1.807) is 29.6 Å². The molecule has 1 aliphatic heterocycles. The fourth-order valence-corrected chi connectivity index (χ4v) is 2.89. The molecule has 1 saturated heterocycles. The van der Waals surface area contributed by atoms with Crippen LogP contribution in [0.3, 0.4) is 0 Å². The normalized spacial score (nSPS) is 18.3. The molecule has 0 radical (unpaired) electrons. The third kappa shape index (κ3) is 6.37. The molecule has 28 heavy (non-hydrogen) atoms. The van der Waals surface area contributed by atoms with Gasteiger partial charge in [0.15, 0.2) is 0 Å². The van der Waals surface area contributed by atoms with Gasteiger partial charge in [0.2, 0.25) is 5.95 Å². The number of anilines is 1. The fourth-order valence-electron chi connectivity index (χ4n) is 2.89. The van der Waals surface area contributed by atoms with Crippen LogP contribution in [-0.2, 0) is 4.74 Å². The van der Waals surface area contributed by atoms with Gasteiger partial charge in [0.1, 0.15) is 5.60 Å². The second kappa shape index (κ2) is 9.87. The van der Waals surface area contributed by atoms with E-state index in [0.717, 1.165) is 5.70 Å². The molecule has 1 aliphatic rings. The first-order valence-electron chi connectivity index (χ1n) is 9.38. The van der Waals surface area contributed by atoms with E-state index in [9.17, 15) is 4.79 Å². The lowest BCUT2D eigenvalue weighted by Gasteiger charge is -2.41. The van der Waals surface area contributed by atoms with Crippen LogP contribution in [0.2, 0.25) is 0 Å². The zero-order chi connectivity index (χ0) is 20.6. The molecule has 2 heterocycles. The number of aromatic nitrogens is 2. The highest BCUT2D eigenvalue weighted by molar-refractivity contribution is 5.68. The summed E-state index contributed by atoms with van der Waals surface area (Å²) >= 11 is 0. The summed E-state index contributed by atoms with van der Waals surface area (Å²) in [4.78, 5) is 29.0. The van der Waals surface area contributed by atoms with Crippen LogP contribution >= 0.6 is 0 Å². The average molecular weight is 387 g/mol. The highest BCUT2D eigenvalue weighted by atomic mass is 16.6. The van der Waals surface area contributed by atoms with Crippen molar-refractivity contribution in [1.29, 1.82) is 0 Å². The molecule has 8 heteroatoms. The van der Waals surface area contributed by atoms with Crippen LogP contribution in [0.25, 0.3) is 0 Å². The number of carbonyl (C=O) groups excluding carboxylic acids is 1. The van der Waals surface area contributed by atoms with E-state index in [4.69, 9.17) is 4.74 Å². The molecule has 0 aliphatic carbocycles. The van der Waals surface area contributed by atoms with E-state index in [-0.39, 0.29) is 12.1 Å². The lowest BCUT2D eigenvalue weighted by Crippen LogP contribution is -2.58. The minimum atomic E-state index is -0.526. The van der Waals surface area contributed by atoms with Crippen LogP contribution < -0.4 is 10.2 Å². The molecular weight excluding hydrogens is 356 g/mol. The maximum atomic E-state index is 12.5. The van der Waals surface area contributed by atoms with Crippen molar-refractivity contribution in [3.63, 3.8) is 0 Å². The van der Waals surface area contributed by atoms with Crippen molar-refractivity contribution in [2.45, 2.75) is 39.3 Å². The predicted molar refractivity (Wildman–Crippen MR) is 111 cm³/mol. The SMILES string of the molecule is C=N/C=C(\C=C/C)NCC1CN(C(=O)OC(C)(C)C)CCN1c1ncccn1. The number of hydrogen-bond donors (Lipinski definition) is 1. The highest BCUT2D eigenvalue weighted by Crippen LogP contribution is 2.18. The van der Waals surface area contributed by atoms with Crippen LogP contribution in [-0.4, -0.2) is 65.5 Å². The van der Waals surface area contributed by atoms with Gasteiger partial charge in [-0.05, 0) is 46.6 Å². The zero-order valence-corrected chi connectivity index (χ0v) is 17.1. The number of nitrogens with zero attached hydrogens (tertiary/aromatic N) is 5. The number of nitrogens with one attached hydrogen (secondary N) is 1. The number of hydrogen-bond acceptors (Lipinski definition) is 7. The Kier molecular flexibility index (Phi) is 7.54. The Bertz CT molecular complexity index is 711. The summed E-state index contributed by atoms with van der Waals surface area (Å²) < 4.78 is 5.54. The molecule has 1 fully saturated rings. The van der Waals surface area contributed by atoms with Crippen molar-refractivity contribution >= 4 is 18.8 Å². The van der Waals surface area contributed by atoms with Gasteiger partial charge in [0, 0.05) is 44.8 Å². The van der Waals surface area contributed by atoms with E-state index in [1.165, 1.54) is 0 Å². The third-order valence-electron chi connectivity index (χ3n) is 4.06. The Labute approximate surface area is 167 Å². The summed E-state index contributed by atoms with van der Waals surface area (Å²) in [6.07, 6.45) is 8.66. The number of carbonyl (C=O) groups is 1. The van der Waals surface area contributed by atoms with Gasteiger partial charge in [-0.25, -0.2) is 14.8 Å². The number of allylic oxidation sites excluding steroid dienone is 2. The number of ether oxygens (including phenoxy) is 1. The molecule has 1 N–H and O–H groups in total. The average Bonchev–Trinajstić information content (AvgIpc) is 2.65. The Hall–Kier alpha value is -2.90. The van der Waals surface area contributed by atoms with Crippen LogP contribution in [0.15, 0.2) is 47.5 Å². The van der Waals surface area contributed by atoms with Crippen molar-refractivity contribution in [1.82, 2.24) is 20.2 Å². The van der Waals surface area contributed by atoms with Crippen molar-refractivity contribution < 1.29 is 9.53 Å². The Morgan fingerprint density at radius 2 is 2.11 bits per heavy atom. The summed E-state index contributed by atoms with van der Waals surface area (Å²) in [5.74, 6) is 0.650. The monoisotopic (exact) mass is 386 g/mol. The summed E-state index contributed by atoms with van der Waals surface area (Å²) in [7, 11) is 0. The van der Waals surface area contributed by atoms with E-state index in [2.05, 4.69) is 31.9 Å². The maximum Gasteiger partial charge on any atom is 0.410 e. The highest BCUT2D eigenvalue weighted by Gasteiger charge is 2.33. The predicted octanol–water partition coefficient (Wildman–Crippen LogP) is 2.61. The zero-order valence-electron chi connectivity index (χ0n) is 17.1. The fraction of sp³-hybridized carbons (Fsp3) is 0.500. The van der Waals surface area contributed by atoms with E-state index < -0.39 is 5.60 Å². The molecule has 1 aromatic rings. The summed E-state index contributed by atoms with van der Waals surface area (Å²) in [5, 5.41) is 3.36. The van der Waals surface area contributed by atoms with Crippen molar-refractivity contribution in [2.24, 2.45) is 4.99 Å². The van der Waals surface area contributed by atoms with Gasteiger partial charge in [-0.15, -0.1) is 0 Å². The van der Waals surface area contributed by atoms with Crippen LogP contribution in [0, 0.1) is 0 Å². The molecule has 8 nitrogen and oxygen atoms in total. The number of aliphatic imine (C=N–C) groups is 1. The van der Waals surface area contributed by atoms with Gasteiger partial charge < -0.3 is 19.9 Å². The standard InChI is InChI=1S/C20H30N6O2/c1-6-8-16(13-21-5)24-14-17-15-25(19(27)28-20(2,3)4)11-12-26(17)18-22-9-7-10-23-18/h6-10,13,17,24H,5,11-12,14-15H2,1-4H3/b8-6-,16-13+. The minimum Gasteiger partial charge on any atom is -0.444 e. The first kappa shape index (κ1) is 21.4. The minimum absolute atomic E-state index is 0.0258. The maximum absolute atomic E-state index is 12.5. The van der Waals surface area contributed by atoms with Gasteiger partial charge in [-0.3, -0.25) is 4.99 Å². The number of amides is 1. The summed E-state index contributed by atoms with van der Waals surface area (Å²) in [5.41, 5.74) is 0.322. The van der Waals surface area contributed by atoms with Crippen molar-refractivity contribution in [2.75, 3.05) is 31.1 Å². The molecule has 1 aromatic heterocycles. The first-order chi connectivity index (χ1) is 13.3. The molecule has 0 bridgehead atoms. The van der Waals surface area contributed by atoms with Gasteiger partial charge in [-0.2, -0.15) is 0 Å². The van der Waals surface area contributed by atoms with Crippen LogP contribution in [0.1, 0.15) is 27.7 Å². The van der Waals surface area contributed by atoms with Gasteiger partial charge >= 0.3 is 6.09 Å². The second-order valence-corrected chi connectivity index (χ2v) is 7.47. The van der Waals surface area contributed by atoms with Crippen molar-refractivity contribution in [3.8, 4) is 0 Å². The molecule has 0 aromatic carbocycles. The smallest absolute Gasteiger partial charge is 0.410 e. The van der Waals surface area contributed by atoms with E-state index >= 15 is 0 Å². The largest absolute Gasteiger partial charge is 0.444 e. The van der Waals surface area contributed by atoms with Crippen molar-refractivity contribution in [3.05, 3.63) is 42.5 Å². The molecular formula is C20H30N6O2. The van der Waals surface area contributed by atoms with Crippen LogP contribution in [0.4, 0.5) is 10.7 Å². The van der Waals surface area contributed by atoms with Gasteiger partial charge in [0.25, 0.3) is 0 Å². The second-order valence-electron chi connectivity index (χ2n) is 7.47. The number of rotatable bonds is 6. The number of piperazine rings is 1. The molecule has 0 spiro atoms. The topological polar surface area (TPSA) is 83.0 Å². The summed E-state index contributed by atoms with van der Waals surface area (Å²) in [6.45, 7) is 13.3. The molecule has 1 atom stereocenters. The Balaban J connectivity index is 2.15. The lowest BCUT2D eigenvalue weighted by atomic mass is 10.1. The molecule has 2 rings (SSSR count). The lowest BCUT2D eigenvalue weighted by molar-refractivity contribution is 0.0214. The van der Waals surface area contributed by atoms with E-state index in [0.29, 0.717) is 32.1 Å². The quantitative estimate of drug-likeness (QED) is 0.598. The van der Waals surface area contributed by atoms with Gasteiger partial charge in [0.05, 0.1) is 11.7 Å². The Morgan fingerprint density at radius 3 is 2.71 bits per heavy atom. The van der Waals surface area contributed by atoms with Crippen LogP contribution in [0.5, 0.6) is 0 Å².